The number of nitrogens with one attached hydrogen (secondary N) is 3. The van der Waals surface area contributed by atoms with Crippen LogP contribution in [-0.4, -0.2) is 83.9 Å². The Bertz CT molecular complexity index is 675. The number of amides is 1. The van der Waals surface area contributed by atoms with Crippen molar-refractivity contribution >= 4 is 45.9 Å². The Morgan fingerprint density at radius 1 is 1.16 bits per heavy atom. The third-order valence-corrected chi connectivity index (χ3v) is 7.12. The van der Waals surface area contributed by atoms with Crippen LogP contribution in [0.1, 0.15) is 51.9 Å². The van der Waals surface area contributed by atoms with Crippen molar-refractivity contribution in [2.24, 2.45) is 10.4 Å². The summed E-state index contributed by atoms with van der Waals surface area (Å²) >= 11 is 0. The number of nitrogens with zero attached hydrogens (tertiary/aromatic N) is 2. The van der Waals surface area contributed by atoms with Gasteiger partial charge in [-0.3, -0.25) is 9.79 Å². The van der Waals surface area contributed by atoms with Gasteiger partial charge in [0.25, 0.3) is 0 Å². The summed E-state index contributed by atoms with van der Waals surface area (Å²) in [5, 5.41) is 6.23. The van der Waals surface area contributed by atoms with E-state index in [-0.39, 0.29) is 48.3 Å². The smallest absolute Gasteiger partial charge is 0.230 e. The van der Waals surface area contributed by atoms with Gasteiger partial charge in [-0.25, -0.2) is 13.1 Å². The van der Waals surface area contributed by atoms with Crippen LogP contribution in [0.4, 0.5) is 0 Å². The van der Waals surface area contributed by atoms with E-state index in [0.717, 1.165) is 44.9 Å². The number of carbonyl (C=O) groups is 1. The molecule has 1 saturated carbocycles. The number of guanidine groups is 1. The Labute approximate surface area is 204 Å². The number of halogens is 1. The number of carbonyl (C=O) groups excluding carboxylic acids is 1. The van der Waals surface area contributed by atoms with Gasteiger partial charge in [0.15, 0.2) is 5.96 Å². The van der Waals surface area contributed by atoms with Gasteiger partial charge in [0.2, 0.25) is 15.9 Å². The van der Waals surface area contributed by atoms with Gasteiger partial charge in [0, 0.05) is 40.3 Å². The normalized spacial score (nSPS) is 21.3. The zero-order valence-corrected chi connectivity index (χ0v) is 22.3. The summed E-state index contributed by atoms with van der Waals surface area (Å²) in [7, 11) is 0.172. The van der Waals surface area contributed by atoms with Crippen molar-refractivity contribution in [2.45, 2.75) is 58.0 Å². The third-order valence-electron chi connectivity index (χ3n) is 5.77. The molecule has 0 aromatic heterocycles. The summed E-state index contributed by atoms with van der Waals surface area (Å²) in [4.78, 5) is 19.0. The SMILES string of the molecule is CCNC(=NCC1(C(=O)N(C)C)CCCC1)NCCS(=O)(=O)NCC1CCCCO1.I. The summed E-state index contributed by atoms with van der Waals surface area (Å²) < 4.78 is 32.8. The van der Waals surface area contributed by atoms with Crippen LogP contribution in [0.2, 0.25) is 0 Å². The van der Waals surface area contributed by atoms with Crippen molar-refractivity contribution in [1.82, 2.24) is 20.3 Å². The minimum atomic E-state index is -3.39. The second-order valence-corrected chi connectivity index (χ2v) is 10.4. The molecule has 1 aliphatic heterocycles. The molecule has 0 aromatic carbocycles. The highest BCUT2D eigenvalue weighted by molar-refractivity contribution is 14.0. The second-order valence-electron chi connectivity index (χ2n) is 8.46. The molecule has 0 bridgehead atoms. The highest BCUT2D eigenvalue weighted by Gasteiger charge is 2.42. The molecule has 3 N–H and O–H groups in total. The molecule has 1 amide bonds. The van der Waals surface area contributed by atoms with E-state index in [1.165, 1.54) is 0 Å². The van der Waals surface area contributed by atoms with E-state index >= 15 is 0 Å². The van der Waals surface area contributed by atoms with E-state index in [1.54, 1.807) is 19.0 Å². The Balaban J connectivity index is 0.00000480. The van der Waals surface area contributed by atoms with Crippen LogP contribution in [0.15, 0.2) is 4.99 Å². The molecule has 1 aliphatic carbocycles. The fourth-order valence-corrected chi connectivity index (χ4v) is 5.06. The lowest BCUT2D eigenvalue weighted by Gasteiger charge is -2.29. The van der Waals surface area contributed by atoms with Gasteiger partial charge in [-0.05, 0) is 39.0 Å². The molecule has 182 valence electrons. The van der Waals surface area contributed by atoms with Crippen LogP contribution in [-0.2, 0) is 19.6 Å². The standard InChI is InChI=1S/C20H39N5O4S.HI/c1-4-21-19(23-16-20(10-6-7-11-20)18(26)25(2)3)22-12-14-30(27,28)24-15-17-9-5-8-13-29-17;/h17,24H,4-16H2,1-3H3,(H2,21,22,23);1H. The number of aliphatic imine (C=N–C) groups is 1. The van der Waals surface area contributed by atoms with Crippen molar-refractivity contribution in [2.75, 3.05) is 52.6 Å². The first kappa shape index (κ1) is 28.4. The fourth-order valence-electron chi connectivity index (χ4n) is 4.10. The molecule has 2 aliphatic rings. The topological polar surface area (TPSA) is 112 Å². The van der Waals surface area contributed by atoms with Gasteiger partial charge < -0.3 is 20.3 Å². The van der Waals surface area contributed by atoms with E-state index in [2.05, 4.69) is 20.3 Å². The van der Waals surface area contributed by atoms with Gasteiger partial charge in [0.05, 0.1) is 23.8 Å². The van der Waals surface area contributed by atoms with Gasteiger partial charge in [-0.2, -0.15) is 0 Å². The molecule has 0 aromatic rings. The van der Waals surface area contributed by atoms with Crippen LogP contribution in [0.25, 0.3) is 0 Å². The first-order valence-electron chi connectivity index (χ1n) is 11.1. The van der Waals surface area contributed by atoms with Crippen molar-refractivity contribution in [3.05, 3.63) is 0 Å². The van der Waals surface area contributed by atoms with Crippen LogP contribution >= 0.6 is 24.0 Å². The van der Waals surface area contributed by atoms with E-state index in [9.17, 15) is 13.2 Å². The fraction of sp³-hybridized carbons (Fsp3) is 0.900. The Morgan fingerprint density at radius 3 is 2.45 bits per heavy atom. The average molecular weight is 574 g/mol. The zero-order chi connectivity index (χ0) is 22.0. The predicted molar refractivity (Wildman–Crippen MR) is 134 cm³/mol. The molecular formula is C20H40IN5O4S. The van der Waals surface area contributed by atoms with Crippen molar-refractivity contribution in [3.8, 4) is 0 Å². The average Bonchev–Trinajstić information content (AvgIpc) is 3.21. The number of ether oxygens (including phenoxy) is 1. The van der Waals surface area contributed by atoms with E-state index in [4.69, 9.17) is 4.74 Å². The number of rotatable bonds is 10. The maximum absolute atomic E-state index is 12.7. The highest BCUT2D eigenvalue weighted by Crippen LogP contribution is 2.39. The summed E-state index contributed by atoms with van der Waals surface area (Å²) in [6.45, 7) is 4.28. The molecule has 1 atom stereocenters. The molecule has 2 fully saturated rings. The number of hydrogen-bond acceptors (Lipinski definition) is 5. The summed E-state index contributed by atoms with van der Waals surface area (Å²) in [5.74, 6) is 0.615. The lowest BCUT2D eigenvalue weighted by Crippen LogP contribution is -2.44. The molecule has 1 heterocycles. The van der Waals surface area contributed by atoms with Gasteiger partial charge in [-0.1, -0.05) is 12.8 Å². The first-order chi connectivity index (χ1) is 14.3. The molecule has 9 nitrogen and oxygen atoms in total. The van der Waals surface area contributed by atoms with Gasteiger partial charge >= 0.3 is 0 Å². The summed E-state index contributed by atoms with van der Waals surface area (Å²) in [6, 6.07) is 0. The number of sulfonamides is 1. The first-order valence-corrected chi connectivity index (χ1v) is 12.8. The molecule has 0 radical (unpaired) electrons. The highest BCUT2D eigenvalue weighted by atomic mass is 127. The Kier molecular flexibility index (Phi) is 12.6. The van der Waals surface area contributed by atoms with Gasteiger partial charge in [0.1, 0.15) is 0 Å². The third kappa shape index (κ3) is 9.39. The minimum absolute atomic E-state index is 0. The van der Waals surface area contributed by atoms with Crippen molar-refractivity contribution < 1.29 is 17.9 Å². The molecular weight excluding hydrogens is 533 g/mol. The second kappa shape index (κ2) is 13.8. The molecule has 2 rings (SSSR count). The van der Waals surface area contributed by atoms with Crippen molar-refractivity contribution in [3.63, 3.8) is 0 Å². The molecule has 31 heavy (non-hydrogen) atoms. The van der Waals surface area contributed by atoms with Crippen LogP contribution < -0.4 is 15.4 Å². The van der Waals surface area contributed by atoms with Crippen LogP contribution in [0, 0.1) is 5.41 Å². The number of hydrogen-bond donors (Lipinski definition) is 3. The largest absolute Gasteiger partial charge is 0.377 e. The Morgan fingerprint density at radius 2 is 1.87 bits per heavy atom. The quantitative estimate of drug-likeness (QED) is 0.207. The van der Waals surface area contributed by atoms with E-state index in [0.29, 0.717) is 32.2 Å². The maximum Gasteiger partial charge on any atom is 0.230 e. The lowest BCUT2D eigenvalue weighted by atomic mass is 9.85. The Hall–Kier alpha value is -0.660. The lowest BCUT2D eigenvalue weighted by molar-refractivity contribution is -0.138. The van der Waals surface area contributed by atoms with E-state index < -0.39 is 15.4 Å². The summed E-state index contributed by atoms with van der Waals surface area (Å²) in [5.41, 5.74) is -0.445. The van der Waals surface area contributed by atoms with Crippen LogP contribution in [0.5, 0.6) is 0 Å². The molecule has 0 spiro atoms. The predicted octanol–water partition coefficient (Wildman–Crippen LogP) is 1.30. The zero-order valence-electron chi connectivity index (χ0n) is 19.1. The van der Waals surface area contributed by atoms with Crippen LogP contribution in [0.3, 0.4) is 0 Å². The van der Waals surface area contributed by atoms with Crippen molar-refractivity contribution in [1.29, 1.82) is 0 Å². The monoisotopic (exact) mass is 573 g/mol. The molecule has 1 saturated heterocycles. The summed E-state index contributed by atoms with van der Waals surface area (Å²) in [6.07, 6.45) is 6.74. The minimum Gasteiger partial charge on any atom is -0.377 e. The van der Waals surface area contributed by atoms with Gasteiger partial charge in [-0.15, -0.1) is 24.0 Å². The van der Waals surface area contributed by atoms with E-state index in [1.807, 2.05) is 6.92 Å². The molecule has 1 unspecified atom stereocenters. The maximum atomic E-state index is 12.7. The molecule has 11 heteroatoms.